The maximum Gasteiger partial charge on any atom is 0.191 e. The normalized spacial score (nSPS) is 20.7. The average Bonchev–Trinajstić information content (AvgIpc) is 2.47. The first-order chi connectivity index (χ1) is 10.7. The van der Waals surface area contributed by atoms with Gasteiger partial charge in [0.25, 0.3) is 0 Å². The zero-order chi connectivity index (χ0) is 17.1. The Morgan fingerprint density at radius 2 is 2.09 bits per heavy atom. The molecule has 1 aliphatic rings. The molecular formula is C18H33N3OSi. The van der Waals surface area contributed by atoms with Gasteiger partial charge in [-0.25, -0.2) is 4.98 Å². The fraction of sp³-hybridized carbons (Fsp3) is 0.722. The second kappa shape index (κ2) is 7.32. The van der Waals surface area contributed by atoms with Crippen LogP contribution in [0.4, 0.5) is 5.82 Å². The molecule has 1 aliphatic heterocycles. The van der Waals surface area contributed by atoms with E-state index in [-0.39, 0.29) is 5.04 Å². The topological polar surface area (TPSA) is 51.4 Å². The number of rotatable bonds is 5. The first-order valence-corrected chi connectivity index (χ1v) is 11.6. The Hall–Kier alpha value is -0.913. The van der Waals surface area contributed by atoms with Gasteiger partial charge in [0, 0.05) is 25.9 Å². The molecule has 5 heteroatoms. The van der Waals surface area contributed by atoms with Gasteiger partial charge in [-0.2, -0.15) is 0 Å². The number of hydrogen-bond acceptors (Lipinski definition) is 4. The first kappa shape index (κ1) is 18.4. The molecule has 1 atom stereocenters. The Morgan fingerprint density at radius 3 is 2.70 bits per heavy atom. The van der Waals surface area contributed by atoms with Crippen molar-refractivity contribution in [3.63, 3.8) is 0 Å². The van der Waals surface area contributed by atoms with Crippen LogP contribution in [0.25, 0.3) is 0 Å². The standard InChI is InChI=1S/C18H33N3OSi/c1-18(2,3)23(4,5)22-14-16-7-6-10-21(13-16)12-15-8-9-17(19)20-11-15/h8-9,11,16H,6-7,10,12-14H2,1-5H3,(H2,19,20). The van der Waals surface area contributed by atoms with Gasteiger partial charge in [-0.15, -0.1) is 0 Å². The minimum Gasteiger partial charge on any atom is -0.416 e. The van der Waals surface area contributed by atoms with Gasteiger partial charge in [-0.3, -0.25) is 4.90 Å². The highest BCUT2D eigenvalue weighted by Gasteiger charge is 2.37. The fourth-order valence-electron chi connectivity index (χ4n) is 2.76. The number of pyridine rings is 1. The zero-order valence-electron chi connectivity index (χ0n) is 15.4. The third kappa shape index (κ3) is 5.30. The predicted octanol–water partition coefficient (Wildman–Crippen LogP) is 3.90. The fourth-order valence-corrected chi connectivity index (χ4v) is 3.85. The second-order valence-corrected chi connectivity index (χ2v) is 13.2. The van der Waals surface area contributed by atoms with E-state index in [1.54, 1.807) is 0 Å². The van der Waals surface area contributed by atoms with Crippen LogP contribution in [0.15, 0.2) is 18.3 Å². The number of anilines is 1. The predicted molar refractivity (Wildman–Crippen MR) is 99.8 cm³/mol. The Kier molecular flexibility index (Phi) is 5.87. The summed E-state index contributed by atoms with van der Waals surface area (Å²) in [5.74, 6) is 1.24. The van der Waals surface area contributed by atoms with Crippen LogP contribution in [-0.4, -0.2) is 37.9 Å². The lowest BCUT2D eigenvalue weighted by Crippen LogP contribution is -2.44. The van der Waals surface area contributed by atoms with Crippen LogP contribution in [0.3, 0.4) is 0 Å². The van der Waals surface area contributed by atoms with Crippen molar-refractivity contribution in [2.45, 2.75) is 58.3 Å². The van der Waals surface area contributed by atoms with E-state index in [2.05, 4.69) is 49.8 Å². The Balaban J connectivity index is 1.85. The number of piperidine rings is 1. The number of nitrogens with two attached hydrogens (primary N) is 1. The van der Waals surface area contributed by atoms with Crippen LogP contribution in [0, 0.1) is 5.92 Å². The number of hydrogen-bond donors (Lipinski definition) is 1. The third-order valence-corrected chi connectivity index (χ3v) is 9.84. The first-order valence-electron chi connectivity index (χ1n) is 8.74. The Bertz CT molecular complexity index is 496. The molecule has 0 aliphatic carbocycles. The van der Waals surface area contributed by atoms with Crippen molar-refractivity contribution >= 4 is 14.1 Å². The number of aromatic nitrogens is 1. The summed E-state index contributed by atoms with van der Waals surface area (Å²) in [4.78, 5) is 6.72. The summed E-state index contributed by atoms with van der Waals surface area (Å²) < 4.78 is 6.43. The molecule has 0 amide bonds. The van der Waals surface area contributed by atoms with Crippen molar-refractivity contribution in [2.24, 2.45) is 5.92 Å². The molecule has 1 fully saturated rings. The van der Waals surface area contributed by atoms with Gasteiger partial charge in [-0.1, -0.05) is 26.8 Å². The molecule has 0 aromatic carbocycles. The van der Waals surface area contributed by atoms with E-state index in [4.69, 9.17) is 10.2 Å². The van der Waals surface area contributed by atoms with Gasteiger partial charge in [0.1, 0.15) is 5.82 Å². The summed E-state index contributed by atoms with van der Waals surface area (Å²) in [7, 11) is -1.63. The van der Waals surface area contributed by atoms with Crippen molar-refractivity contribution in [3.05, 3.63) is 23.9 Å². The van der Waals surface area contributed by atoms with Gasteiger partial charge in [-0.05, 0) is 55.1 Å². The number of nitrogen functional groups attached to an aromatic ring is 1. The van der Waals surface area contributed by atoms with Crippen LogP contribution in [0.5, 0.6) is 0 Å². The minimum absolute atomic E-state index is 0.289. The van der Waals surface area contributed by atoms with Crippen LogP contribution >= 0.6 is 0 Å². The molecule has 23 heavy (non-hydrogen) atoms. The highest BCUT2D eigenvalue weighted by molar-refractivity contribution is 6.74. The maximum atomic E-state index is 6.43. The average molecular weight is 336 g/mol. The molecule has 130 valence electrons. The number of likely N-dealkylation sites (tertiary alicyclic amines) is 1. The molecule has 2 N–H and O–H groups in total. The van der Waals surface area contributed by atoms with E-state index in [1.165, 1.54) is 24.9 Å². The second-order valence-electron chi connectivity index (χ2n) is 8.41. The Morgan fingerprint density at radius 1 is 1.35 bits per heavy atom. The van der Waals surface area contributed by atoms with E-state index in [0.717, 1.165) is 19.7 Å². The monoisotopic (exact) mass is 335 g/mol. The molecule has 0 spiro atoms. The van der Waals surface area contributed by atoms with Crippen molar-refractivity contribution in [2.75, 3.05) is 25.4 Å². The Labute approximate surface area is 142 Å². The van der Waals surface area contributed by atoms with Crippen molar-refractivity contribution < 1.29 is 4.43 Å². The molecule has 4 nitrogen and oxygen atoms in total. The van der Waals surface area contributed by atoms with E-state index >= 15 is 0 Å². The zero-order valence-corrected chi connectivity index (χ0v) is 16.4. The van der Waals surface area contributed by atoms with E-state index in [0.29, 0.717) is 11.7 Å². The van der Waals surface area contributed by atoms with E-state index < -0.39 is 8.32 Å². The van der Waals surface area contributed by atoms with Crippen molar-refractivity contribution in [3.8, 4) is 0 Å². The molecule has 2 heterocycles. The van der Waals surface area contributed by atoms with Crippen LogP contribution in [0.1, 0.15) is 39.2 Å². The summed E-state index contributed by atoms with van der Waals surface area (Å²) in [5.41, 5.74) is 6.90. The lowest BCUT2D eigenvalue weighted by molar-refractivity contribution is 0.119. The van der Waals surface area contributed by atoms with Gasteiger partial charge in [0.2, 0.25) is 0 Å². The quantitative estimate of drug-likeness (QED) is 0.829. The van der Waals surface area contributed by atoms with Crippen LogP contribution in [0.2, 0.25) is 18.1 Å². The summed E-state index contributed by atoms with van der Waals surface area (Å²) in [6, 6.07) is 3.97. The summed E-state index contributed by atoms with van der Waals surface area (Å²) in [6.45, 7) is 15.8. The lowest BCUT2D eigenvalue weighted by atomic mass is 9.99. The molecule has 0 bridgehead atoms. The summed E-state index contributed by atoms with van der Waals surface area (Å²) >= 11 is 0. The van der Waals surface area contributed by atoms with E-state index in [1.807, 2.05) is 12.3 Å². The van der Waals surface area contributed by atoms with Crippen molar-refractivity contribution in [1.82, 2.24) is 9.88 Å². The highest BCUT2D eigenvalue weighted by Crippen LogP contribution is 2.37. The van der Waals surface area contributed by atoms with Gasteiger partial charge >= 0.3 is 0 Å². The summed E-state index contributed by atoms with van der Waals surface area (Å²) in [5, 5.41) is 0.289. The molecule has 1 aromatic rings. The van der Waals surface area contributed by atoms with Crippen LogP contribution in [-0.2, 0) is 11.0 Å². The molecule has 0 radical (unpaired) electrons. The maximum absolute atomic E-state index is 6.43. The van der Waals surface area contributed by atoms with Gasteiger partial charge < -0.3 is 10.2 Å². The van der Waals surface area contributed by atoms with E-state index in [9.17, 15) is 0 Å². The molecule has 1 unspecified atom stereocenters. The smallest absolute Gasteiger partial charge is 0.191 e. The molecule has 1 aromatic heterocycles. The molecule has 2 rings (SSSR count). The SMILES string of the molecule is CC(C)(C)[Si](C)(C)OCC1CCCN(Cc2ccc(N)nc2)C1. The lowest BCUT2D eigenvalue weighted by Gasteiger charge is -2.39. The third-order valence-electron chi connectivity index (χ3n) is 5.34. The van der Waals surface area contributed by atoms with Crippen LogP contribution < -0.4 is 5.73 Å². The summed E-state index contributed by atoms with van der Waals surface area (Å²) in [6.07, 6.45) is 4.43. The largest absolute Gasteiger partial charge is 0.416 e. The molecule has 1 saturated heterocycles. The minimum atomic E-state index is -1.63. The number of nitrogens with zero attached hydrogens (tertiary/aromatic N) is 2. The molecule has 0 saturated carbocycles. The van der Waals surface area contributed by atoms with Gasteiger partial charge in [0.05, 0.1) is 0 Å². The van der Waals surface area contributed by atoms with Gasteiger partial charge in [0.15, 0.2) is 8.32 Å². The van der Waals surface area contributed by atoms with Crippen molar-refractivity contribution in [1.29, 1.82) is 0 Å². The molecular weight excluding hydrogens is 302 g/mol. The highest BCUT2D eigenvalue weighted by atomic mass is 28.4.